The van der Waals surface area contributed by atoms with Crippen LogP contribution in [0.25, 0.3) is 0 Å². The molecule has 1 aromatic carbocycles. The maximum atomic E-state index is 12.7. The number of carbonyl (C=O) groups is 2. The Balaban J connectivity index is 1.65. The molecular weight excluding hydrogens is 356 g/mol. The van der Waals surface area contributed by atoms with Gasteiger partial charge in [0.15, 0.2) is 0 Å². The van der Waals surface area contributed by atoms with Crippen molar-refractivity contribution in [2.45, 2.75) is 57.0 Å². The predicted molar refractivity (Wildman–Crippen MR) is 93.2 cm³/mol. The molecule has 2 amide bonds. The summed E-state index contributed by atoms with van der Waals surface area (Å²) in [4.78, 5) is 27.0. The zero-order chi connectivity index (χ0) is 16.2. The number of benzene rings is 1. The van der Waals surface area contributed by atoms with E-state index in [-0.39, 0.29) is 17.9 Å². The summed E-state index contributed by atoms with van der Waals surface area (Å²) in [7, 11) is 0. The molecule has 0 spiro atoms. The van der Waals surface area contributed by atoms with E-state index in [2.05, 4.69) is 21.2 Å². The van der Waals surface area contributed by atoms with Crippen LogP contribution in [0.2, 0.25) is 0 Å². The van der Waals surface area contributed by atoms with E-state index in [1.54, 1.807) is 17.0 Å². The number of nitrogens with zero attached hydrogens (tertiary/aromatic N) is 1. The van der Waals surface area contributed by atoms with Crippen molar-refractivity contribution in [2.24, 2.45) is 0 Å². The highest BCUT2D eigenvalue weighted by molar-refractivity contribution is 9.10. The monoisotopic (exact) mass is 378 g/mol. The molecule has 1 aliphatic carbocycles. The summed E-state index contributed by atoms with van der Waals surface area (Å²) in [6.07, 6.45) is 7.45. The summed E-state index contributed by atoms with van der Waals surface area (Å²) < 4.78 is 0.946. The van der Waals surface area contributed by atoms with Gasteiger partial charge in [-0.15, -0.1) is 0 Å². The molecule has 0 radical (unpaired) electrons. The first-order valence-corrected chi connectivity index (χ1v) is 9.31. The first-order chi connectivity index (χ1) is 11.1. The van der Waals surface area contributed by atoms with Crippen LogP contribution in [0.4, 0.5) is 0 Å². The van der Waals surface area contributed by atoms with Gasteiger partial charge < -0.3 is 10.2 Å². The molecule has 5 heteroatoms. The zero-order valence-electron chi connectivity index (χ0n) is 13.3. The Labute approximate surface area is 145 Å². The van der Waals surface area contributed by atoms with Crippen molar-refractivity contribution < 1.29 is 9.59 Å². The largest absolute Gasteiger partial charge is 0.352 e. The minimum atomic E-state index is -0.312. The zero-order valence-corrected chi connectivity index (χ0v) is 14.8. The van der Waals surface area contributed by atoms with Gasteiger partial charge in [-0.25, -0.2) is 0 Å². The van der Waals surface area contributed by atoms with Crippen LogP contribution in [0.15, 0.2) is 28.7 Å². The second-order valence-electron chi connectivity index (χ2n) is 6.51. The Morgan fingerprint density at radius 3 is 2.39 bits per heavy atom. The fraction of sp³-hybridized carbons (Fsp3) is 0.556. The number of likely N-dealkylation sites (tertiary alicyclic amines) is 1. The molecule has 1 N–H and O–H groups in total. The quantitative estimate of drug-likeness (QED) is 0.874. The molecule has 0 bridgehead atoms. The van der Waals surface area contributed by atoms with Crippen LogP contribution in [-0.2, 0) is 4.79 Å². The lowest BCUT2D eigenvalue weighted by Crippen LogP contribution is -2.49. The Bertz CT molecular complexity index is 567. The number of nitrogens with one attached hydrogen (secondary N) is 1. The first-order valence-electron chi connectivity index (χ1n) is 8.52. The molecule has 23 heavy (non-hydrogen) atoms. The van der Waals surface area contributed by atoms with E-state index in [9.17, 15) is 9.59 Å². The van der Waals surface area contributed by atoms with E-state index in [4.69, 9.17) is 0 Å². The topological polar surface area (TPSA) is 49.4 Å². The number of amides is 2. The molecule has 1 atom stereocenters. The molecule has 1 aromatic rings. The summed E-state index contributed by atoms with van der Waals surface area (Å²) in [6.45, 7) is 0.664. The lowest BCUT2D eigenvalue weighted by atomic mass is 9.95. The standard InChI is InChI=1S/C18H23BrN2O2/c19-14-10-8-13(9-11-14)18(23)21-12-4-7-16(21)17(22)20-15-5-2-1-3-6-15/h8-11,15-16H,1-7,12H2,(H,20,22)/t16-/m0/s1. The van der Waals surface area contributed by atoms with Crippen LogP contribution in [-0.4, -0.2) is 35.3 Å². The predicted octanol–water partition coefficient (Wildman–Crippen LogP) is 3.50. The van der Waals surface area contributed by atoms with Crippen molar-refractivity contribution in [3.05, 3.63) is 34.3 Å². The fourth-order valence-corrected chi connectivity index (χ4v) is 3.85. The van der Waals surface area contributed by atoms with Crippen LogP contribution in [0, 0.1) is 0 Å². The third-order valence-corrected chi connectivity index (χ3v) is 5.39. The Morgan fingerprint density at radius 2 is 1.70 bits per heavy atom. The molecular formula is C18H23BrN2O2. The van der Waals surface area contributed by atoms with E-state index in [1.807, 2.05) is 12.1 Å². The summed E-state index contributed by atoms with van der Waals surface area (Å²) in [5.74, 6) is -0.0151. The van der Waals surface area contributed by atoms with Gasteiger partial charge in [0.2, 0.25) is 5.91 Å². The van der Waals surface area contributed by atoms with E-state index in [1.165, 1.54) is 19.3 Å². The van der Waals surface area contributed by atoms with Crippen molar-refractivity contribution in [3.63, 3.8) is 0 Å². The average Bonchev–Trinajstić information content (AvgIpc) is 3.05. The maximum Gasteiger partial charge on any atom is 0.254 e. The SMILES string of the molecule is O=C(NC1CCCCC1)[C@@H]1CCCN1C(=O)c1ccc(Br)cc1. The van der Waals surface area contributed by atoms with E-state index in [0.29, 0.717) is 18.2 Å². The Hall–Kier alpha value is -1.36. The number of rotatable bonds is 3. The summed E-state index contributed by atoms with van der Waals surface area (Å²) in [6, 6.07) is 7.32. The fourth-order valence-electron chi connectivity index (χ4n) is 3.58. The summed E-state index contributed by atoms with van der Waals surface area (Å²) >= 11 is 3.38. The lowest BCUT2D eigenvalue weighted by Gasteiger charge is -2.28. The van der Waals surface area contributed by atoms with Gasteiger partial charge in [-0.3, -0.25) is 9.59 Å². The number of hydrogen-bond donors (Lipinski definition) is 1. The third kappa shape index (κ3) is 3.94. The number of hydrogen-bond acceptors (Lipinski definition) is 2. The number of halogens is 1. The maximum absolute atomic E-state index is 12.7. The van der Waals surface area contributed by atoms with Crippen LogP contribution in [0.3, 0.4) is 0 Å². The van der Waals surface area contributed by atoms with E-state index >= 15 is 0 Å². The molecule has 1 heterocycles. The van der Waals surface area contributed by atoms with Crippen molar-refractivity contribution >= 4 is 27.7 Å². The second kappa shape index (κ2) is 7.47. The molecule has 1 saturated heterocycles. The van der Waals surface area contributed by atoms with Crippen LogP contribution in [0.5, 0.6) is 0 Å². The van der Waals surface area contributed by atoms with Crippen LogP contribution >= 0.6 is 15.9 Å². The summed E-state index contributed by atoms with van der Waals surface area (Å²) in [5.41, 5.74) is 0.644. The van der Waals surface area contributed by atoms with Gasteiger partial charge in [-0.2, -0.15) is 0 Å². The minimum absolute atomic E-state index is 0.0276. The average molecular weight is 379 g/mol. The summed E-state index contributed by atoms with van der Waals surface area (Å²) in [5, 5.41) is 3.17. The Kier molecular flexibility index (Phi) is 5.36. The highest BCUT2D eigenvalue weighted by Crippen LogP contribution is 2.23. The van der Waals surface area contributed by atoms with E-state index < -0.39 is 0 Å². The van der Waals surface area contributed by atoms with Crippen molar-refractivity contribution in [1.82, 2.24) is 10.2 Å². The smallest absolute Gasteiger partial charge is 0.254 e. The van der Waals surface area contributed by atoms with Gasteiger partial charge in [-0.05, 0) is 49.9 Å². The molecule has 3 rings (SSSR count). The molecule has 0 aromatic heterocycles. The Morgan fingerprint density at radius 1 is 1.00 bits per heavy atom. The van der Waals surface area contributed by atoms with E-state index in [0.717, 1.165) is 30.2 Å². The molecule has 1 saturated carbocycles. The highest BCUT2D eigenvalue weighted by Gasteiger charge is 2.35. The van der Waals surface area contributed by atoms with Gasteiger partial charge in [0.05, 0.1) is 0 Å². The normalized spacial score (nSPS) is 22.1. The van der Waals surface area contributed by atoms with Gasteiger partial charge in [0.25, 0.3) is 5.91 Å². The van der Waals surface area contributed by atoms with Gasteiger partial charge in [0, 0.05) is 22.6 Å². The molecule has 124 valence electrons. The highest BCUT2D eigenvalue weighted by atomic mass is 79.9. The minimum Gasteiger partial charge on any atom is -0.352 e. The van der Waals surface area contributed by atoms with Gasteiger partial charge >= 0.3 is 0 Å². The van der Waals surface area contributed by atoms with Crippen molar-refractivity contribution in [3.8, 4) is 0 Å². The van der Waals surface area contributed by atoms with Crippen molar-refractivity contribution in [1.29, 1.82) is 0 Å². The first kappa shape index (κ1) is 16.5. The number of carbonyl (C=O) groups excluding carboxylic acids is 2. The molecule has 0 unspecified atom stereocenters. The second-order valence-corrected chi connectivity index (χ2v) is 7.42. The van der Waals surface area contributed by atoms with Crippen LogP contribution in [0.1, 0.15) is 55.3 Å². The van der Waals surface area contributed by atoms with Gasteiger partial charge in [-0.1, -0.05) is 35.2 Å². The molecule has 2 aliphatic rings. The lowest BCUT2D eigenvalue weighted by molar-refractivity contribution is -0.125. The third-order valence-electron chi connectivity index (χ3n) is 4.86. The van der Waals surface area contributed by atoms with Crippen molar-refractivity contribution in [2.75, 3.05) is 6.54 Å². The molecule has 4 nitrogen and oxygen atoms in total. The van der Waals surface area contributed by atoms with Crippen LogP contribution < -0.4 is 5.32 Å². The van der Waals surface area contributed by atoms with Gasteiger partial charge in [0.1, 0.15) is 6.04 Å². The molecule has 2 fully saturated rings. The molecule has 1 aliphatic heterocycles.